The van der Waals surface area contributed by atoms with Crippen LogP contribution in [0.15, 0.2) is 42.5 Å². The molecule has 0 unspecified atom stereocenters. The predicted molar refractivity (Wildman–Crippen MR) is 57.8 cm³/mol. The van der Waals surface area contributed by atoms with Crippen LogP contribution in [0.2, 0.25) is 0 Å². The minimum absolute atomic E-state index is 0.196. The van der Waals surface area contributed by atoms with Crippen LogP contribution in [-0.2, 0) is 0 Å². The van der Waals surface area contributed by atoms with Gasteiger partial charge in [-0.1, -0.05) is 30.4 Å². The summed E-state index contributed by atoms with van der Waals surface area (Å²) >= 11 is 0. The molecule has 0 aromatic heterocycles. The highest BCUT2D eigenvalue weighted by Crippen LogP contribution is 2.11. The molecule has 0 aliphatic heterocycles. The number of carbonyl (C=O) groups excluding carboxylic acids is 1. The fourth-order valence-corrected chi connectivity index (χ4v) is 1.53. The van der Waals surface area contributed by atoms with E-state index in [1.54, 1.807) is 12.1 Å². The Morgan fingerprint density at radius 2 is 1.87 bits per heavy atom. The van der Waals surface area contributed by atoms with Crippen LogP contribution in [0.25, 0.3) is 0 Å². The van der Waals surface area contributed by atoms with Gasteiger partial charge in [0.05, 0.1) is 0 Å². The first-order valence-corrected chi connectivity index (χ1v) is 5.03. The van der Waals surface area contributed by atoms with Gasteiger partial charge < -0.3 is 10.1 Å². The molecule has 1 amide bonds. The van der Waals surface area contributed by atoms with Crippen LogP contribution in [0.3, 0.4) is 0 Å². The first kappa shape index (κ1) is 9.77. The van der Waals surface area contributed by atoms with E-state index in [-0.39, 0.29) is 12.1 Å². The quantitative estimate of drug-likeness (QED) is 0.750. The summed E-state index contributed by atoms with van der Waals surface area (Å²) in [6.45, 7) is 0. The fraction of sp³-hybridized carbons (Fsp3) is 0.250. The summed E-state index contributed by atoms with van der Waals surface area (Å²) in [7, 11) is 0. The van der Waals surface area contributed by atoms with Crippen molar-refractivity contribution < 1.29 is 9.53 Å². The maximum Gasteiger partial charge on any atom is 0.412 e. The number of hydrogen-bond acceptors (Lipinski definition) is 2. The Morgan fingerprint density at radius 1 is 1.20 bits per heavy atom. The second-order valence-corrected chi connectivity index (χ2v) is 3.49. The highest BCUT2D eigenvalue weighted by molar-refractivity contribution is 5.70. The average molecular weight is 203 g/mol. The van der Waals surface area contributed by atoms with Crippen molar-refractivity contribution in [3.05, 3.63) is 42.5 Å². The zero-order valence-corrected chi connectivity index (χ0v) is 8.35. The topological polar surface area (TPSA) is 38.3 Å². The van der Waals surface area contributed by atoms with E-state index >= 15 is 0 Å². The molecule has 3 nitrogen and oxygen atoms in total. The molecule has 0 bridgehead atoms. The molecule has 0 saturated carbocycles. The highest BCUT2D eigenvalue weighted by atomic mass is 16.6. The summed E-state index contributed by atoms with van der Waals surface area (Å²) in [6, 6.07) is 9.26. The van der Waals surface area contributed by atoms with Crippen molar-refractivity contribution in [2.24, 2.45) is 0 Å². The number of nitrogens with one attached hydrogen (secondary N) is 1. The molecule has 15 heavy (non-hydrogen) atoms. The molecule has 0 heterocycles. The van der Waals surface area contributed by atoms with Crippen LogP contribution in [0.4, 0.5) is 4.79 Å². The third kappa shape index (κ3) is 2.84. The molecule has 1 aromatic rings. The van der Waals surface area contributed by atoms with Crippen LogP contribution in [0, 0.1) is 0 Å². The van der Waals surface area contributed by atoms with E-state index in [2.05, 4.69) is 17.5 Å². The van der Waals surface area contributed by atoms with Gasteiger partial charge in [0.1, 0.15) is 5.75 Å². The van der Waals surface area contributed by atoms with Gasteiger partial charge in [-0.05, 0) is 25.0 Å². The molecule has 0 spiro atoms. The Hall–Kier alpha value is -1.77. The summed E-state index contributed by atoms with van der Waals surface area (Å²) in [5.41, 5.74) is 0. The Balaban J connectivity index is 1.82. The molecule has 0 fully saturated rings. The standard InChI is InChI=1S/C12H13NO2/c14-12(13-10-6-4-5-7-10)15-11-8-2-1-3-9-11/h1-5,8-10H,6-7H2,(H,13,14). The van der Waals surface area contributed by atoms with Crippen LogP contribution in [0.5, 0.6) is 5.75 Å². The summed E-state index contributed by atoms with van der Waals surface area (Å²) in [5, 5.41) is 2.80. The van der Waals surface area contributed by atoms with Gasteiger partial charge in [0.2, 0.25) is 0 Å². The predicted octanol–water partition coefficient (Wildman–Crippen LogP) is 2.49. The van der Waals surface area contributed by atoms with Crippen LogP contribution >= 0.6 is 0 Å². The molecule has 0 saturated heterocycles. The van der Waals surface area contributed by atoms with Crippen molar-refractivity contribution in [3.8, 4) is 5.75 Å². The summed E-state index contributed by atoms with van der Waals surface area (Å²) in [5.74, 6) is 0.570. The third-order valence-electron chi connectivity index (χ3n) is 2.28. The lowest BCUT2D eigenvalue weighted by Gasteiger charge is -2.11. The van der Waals surface area contributed by atoms with Gasteiger partial charge in [-0.3, -0.25) is 0 Å². The highest BCUT2D eigenvalue weighted by Gasteiger charge is 2.13. The summed E-state index contributed by atoms with van der Waals surface area (Å²) < 4.78 is 5.10. The number of benzene rings is 1. The van der Waals surface area contributed by atoms with E-state index in [4.69, 9.17) is 4.74 Å². The zero-order chi connectivity index (χ0) is 10.5. The number of amides is 1. The Bertz CT molecular complexity index is 351. The Morgan fingerprint density at radius 3 is 2.53 bits per heavy atom. The first-order valence-electron chi connectivity index (χ1n) is 5.03. The van der Waals surface area contributed by atoms with Gasteiger partial charge >= 0.3 is 6.09 Å². The van der Waals surface area contributed by atoms with Gasteiger partial charge in [0, 0.05) is 6.04 Å². The van der Waals surface area contributed by atoms with E-state index < -0.39 is 0 Å². The monoisotopic (exact) mass is 203 g/mol. The molecule has 3 heteroatoms. The first-order chi connectivity index (χ1) is 7.34. The lowest BCUT2D eigenvalue weighted by molar-refractivity contribution is 0.196. The van der Waals surface area contributed by atoms with Crippen molar-refractivity contribution in [2.45, 2.75) is 18.9 Å². The van der Waals surface area contributed by atoms with Crippen LogP contribution in [-0.4, -0.2) is 12.1 Å². The Labute approximate surface area is 88.8 Å². The molecule has 1 aliphatic rings. The normalized spacial score (nSPS) is 15.2. The maximum atomic E-state index is 11.4. The average Bonchev–Trinajstić information content (AvgIpc) is 2.71. The van der Waals surface area contributed by atoms with E-state index in [1.165, 1.54) is 0 Å². The zero-order valence-electron chi connectivity index (χ0n) is 8.35. The van der Waals surface area contributed by atoms with Gasteiger partial charge in [-0.15, -0.1) is 0 Å². The minimum atomic E-state index is -0.380. The largest absolute Gasteiger partial charge is 0.412 e. The molecule has 1 N–H and O–H groups in total. The van der Waals surface area contributed by atoms with Crippen molar-refractivity contribution in [1.82, 2.24) is 5.32 Å². The number of rotatable bonds is 2. The van der Waals surface area contributed by atoms with Gasteiger partial charge in [0.25, 0.3) is 0 Å². The summed E-state index contributed by atoms with van der Waals surface area (Å²) in [4.78, 5) is 11.4. The SMILES string of the molecule is O=C(NC1CC=CC1)Oc1ccccc1. The second kappa shape index (κ2) is 4.64. The second-order valence-electron chi connectivity index (χ2n) is 3.49. The molecule has 0 radical (unpaired) electrons. The van der Waals surface area contributed by atoms with Crippen molar-refractivity contribution in [2.75, 3.05) is 0 Å². The minimum Gasteiger partial charge on any atom is -0.410 e. The van der Waals surface area contributed by atoms with Gasteiger partial charge in [-0.2, -0.15) is 0 Å². The summed E-state index contributed by atoms with van der Waals surface area (Å²) in [6.07, 6.45) is 5.53. The van der Waals surface area contributed by atoms with Crippen LogP contribution < -0.4 is 10.1 Å². The van der Waals surface area contributed by atoms with Crippen LogP contribution in [0.1, 0.15) is 12.8 Å². The van der Waals surface area contributed by atoms with Gasteiger partial charge in [0.15, 0.2) is 0 Å². The number of ether oxygens (including phenoxy) is 1. The molecule has 78 valence electrons. The van der Waals surface area contributed by atoms with Crippen molar-refractivity contribution >= 4 is 6.09 Å². The Kier molecular flexibility index (Phi) is 3.02. The van der Waals surface area contributed by atoms with E-state index in [0.717, 1.165) is 12.8 Å². The third-order valence-corrected chi connectivity index (χ3v) is 2.28. The molecule has 1 aromatic carbocycles. The van der Waals surface area contributed by atoms with Crippen molar-refractivity contribution in [3.63, 3.8) is 0 Å². The van der Waals surface area contributed by atoms with E-state index in [1.807, 2.05) is 18.2 Å². The number of hydrogen-bond donors (Lipinski definition) is 1. The van der Waals surface area contributed by atoms with Crippen molar-refractivity contribution in [1.29, 1.82) is 0 Å². The molecular weight excluding hydrogens is 190 g/mol. The molecule has 2 rings (SSSR count). The van der Waals surface area contributed by atoms with E-state index in [9.17, 15) is 4.79 Å². The fourth-order valence-electron chi connectivity index (χ4n) is 1.53. The number of carbonyl (C=O) groups is 1. The molecular formula is C12H13NO2. The van der Waals surface area contributed by atoms with Gasteiger partial charge in [-0.25, -0.2) is 4.79 Å². The molecule has 0 atom stereocenters. The lowest BCUT2D eigenvalue weighted by Crippen LogP contribution is -2.35. The smallest absolute Gasteiger partial charge is 0.410 e. The lowest BCUT2D eigenvalue weighted by atomic mass is 10.2. The van der Waals surface area contributed by atoms with E-state index in [0.29, 0.717) is 5.75 Å². The number of para-hydroxylation sites is 1. The molecule has 1 aliphatic carbocycles. The maximum absolute atomic E-state index is 11.4.